The molecule has 0 aromatic carbocycles. The topological polar surface area (TPSA) is 22.1 Å². The molecule has 0 aliphatic heterocycles. The smallest absolute Gasteiger partial charge is 0.422 e. The number of aromatic nitrogens is 1. The van der Waals surface area contributed by atoms with E-state index in [1.165, 1.54) is 0 Å². The number of hydrogen-bond donors (Lipinski definition) is 0. The molecule has 0 radical (unpaired) electrons. The summed E-state index contributed by atoms with van der Waals surface area (Å²) in [6, 6.07) is 0. The van der Waals surface area contributed by atoms with Crippen LogP contribution >= 0.6 is 11.3 Å². The van der Waals surface area contributed by atoms with Crippen LogP contribution < -0.4 is 4.74 Å². The van der Waals surface area contributed by atoms with Crippen LogP contribution in [0.1, 0.15) is 24.6 Å². The van der Waals surface area contributed by atoms with Crippen LogP contribution in [0.4, 0.5) is 13.2 Å². The Balaban J connectivity index is 2.52. The molecule has 14 heavy (non-hydrogen) atoms. The van der Waals surface area contributed by atoms with Crippen molar-refractivity contribution in [2.75, 3.05) is 6.61 Å². The molecule has 1 aromatic rings. The molecule has 1 rings (SSSR count). The standard InChI is InChI=1S/C8H10F3NOS/c1-5(2)6-3-12-7(14-6)13-4-8(9,10)11/h3,5H,4H2,1-2H3. The Labute approximate surface area is 83.7 Å². The summed E-state index contributed by atoms with van der Waals surface area (Å²) in [4.78, 5) is 4.66. The van der Waals surface area contributed by atoms with Crippen molar-refractivity contribution in [3.05, 3.63) is 11.1 Å². The van der Waals surface area contributed by atoms with Crippen molar-refractivity contribution in [2.24, 2.45) is 0 Å². The van der Waals surface area contributed by atoms with E-state index in [0.29, 0.717) is 0 Å². The van der Waals surface area contributed by atoms with Gasteiger partial charge in [0.2, 0.25) is 0 Å². The number of rotatable bonds is 3. The first-order valence-electron chi connectivity index (χ1n) is 4.04. The Morgan fingerprint density at radius 2 is 2.14 bits per heavy atom. The van der Waals surface area contributed by atoms with E-state index < -0.39 is 12.8 Å². The number of hydrogen-bond acceptors (Lipinski definition) is 3. The Morgan fingerprint density at radius 3 is 2.57 bits per heavy atom. The maximum atomic E-state index is 11.8. The van der Waals surface area contributed by atoms with Crippen LogP contribution in [0, 0.1) is 0 Å². The molecular formula is C8H10F3NOS. The number of nitrogens with zero attached hydrogens (tertiary/aromatic N) is 1. The van der Waals surface area contributed by atoms with Gasteiger partial charge in [-0.25, -0.2) is 4.98 Å². The van der Waals surface area contributed by atoms with Gasteiger partial charge in [-0.05, 0) is 5.92 Å². The minimum atomic E-state index is -4.30. The zero-order valence-corrected chi connectivity index (χ0v) is 8.58. The highest BCUT2D eigenvalue weighted by Gasteiger charge is 2.29. The van der Waals surface area contributed by atoms with E-state index in [-0.39, 0.29) is 11.1 Å². The molecule has 2 nitrogen and oxygen atoms in total. The van der Waals surface area contributed by atoms with Crippen molar-refractivity contribution in [3.63, 3.8) is 0 Å². The van der Waals surface area contributed by atoms with Gasteiger partial charge in [-0.3, -0.25) is 0 Å². The van der Waals surface area contributed by atoms with Crippen LogP contribution in [0.2, 0.25) is 0 Å². The van der Waals surface area contributed by atoms with Crippen molar-refractivity contribution < 1.29 is 17.9 Å². The summed E-state index contributed by atoms with van der Waals surface area (Å²) in [6.07, 6.45) is -2.76. The molecule has 0 unspecified atom stereocenters. The SMILES string of the molecule is CC(C)c1cnc(OCC(F)(F)F)s1. The lowest BCUT2D eigenvalue weighted by atomic mass is 10.2. The summed E-state index contributed by atoms with van der Waals surface area (Å²) in [5, 5.41) is 0.0750. The van der Waals surface area contributed by atoms with Gasteiger partial charge < -0.3 is 4.74 Å². The average molecular weight is 225 g/mol. The first-order chi connectivity index (χ1) is 6.38. The van der Waals surface area contributed by atoms with E-state index in [1.807, 2.05) is 13.8 Å². The van der Waals surface area contributed by atoms with Crippen LogP contribution in [0.5, 0.6) is 5.19 Å². The van der Waals surface area contributed by atoms with Crippen LogP contribution in [0.15, 0.2) is 6.20 Å². The van der Waals surface area contributed by atoms with Crippen molar-refractivity contribution in [2.45, 2.75) is 25.9 Å². The molecule has 80 valence electrons. The van der Waals surface area contributed by atoms with Gasteiger partial charge >= 0.3 is 6.18 Å². The summed E-state index contributed by atoms with van der Waals surface area (Å²) in [5.74, 6) is 0.260. The van der Waals surface area contributed by atoms with Gasteiger partial charge in [0.05, 0.1) is 0 Å². The second-order valence-electron chi connectivity index (χ2n) is 3.09. The zero-order valence-electron chi connectivity index (χ0n) is 7.76. The molecule has 0 saturated heterocycles. The lowest BCUT2D eigenvalue weighted by Crippen LogP contribution is -2.19. The molecule has 0 aliphatic carbocycles. The fraction of sp³-hybridized carbons (Fsp3) is 0.625. The van der Waals surface area contributed by atoms with Gasteiger partial charge in [-0.2, -0.15) is 13.2 Å². The maximum absolute atomic E-state index is 11.8. The summed E-state index contributed by atoms with van der Waals surface area (Å²) in [7, 11) is 0. The number of ether oxygens (including phenoxy) is 1. The van der Waals surface area contributed by atoms with Gasteiger partial charge in [0.1, 0.15) is 0 Å². The quantitative estimate of drug-likeness (QED) is 0.788. The predicted octanol–water partition coefficient (Wildman–Crippen LogP) is 3.21. The van der Waals surface area contributed by atoms with E-state index in [2.05, 4.69) is 9.72 Å². The summed E-state index contributed by atoms with van der Waals surface area (Å²) in [6.45, 7) is 2.61. The molecule has 6 heteroatoms. The third-order valence-corrected chi connectivity index (χ3v) is 2.64. The second kappa shape index (κ2) is 4.16. The lowest BCUT2D eigenvalue weighted by Gasteiger charge is -2.05. The van der Waals surface area contributed by atoms with Crippen LogP contribution in [0.3, 0.4) is 0 Å². The normalized spacial score (nSPS) is 12.1. The Kier molecular flexibility index (Phi) is 3.36. The minimum Gasteiger partial charge on any atom is -0.460 e. The predicted molar refractivity (Wildman–Crippen MR) is 47.8 cm³/mol. The van der Waals surface area contributed by atoms with Crippen molar-refractivity contribution >= 4 is 11.3 Å². The van der Waals surface area contributed by atoms with Gasteiger partial charge in [0.15, 0.2) is 6.61 Å². The van der Waals surface area contributed by atoms with E-state index >= 15 is 0 Å². The molecule has 0 bridgehead atoms. The summed E-state index contributed by atoms with van der Waals surface area (Å²) >= 11 is 1.15. The molecule has 0 N–H and O–H groups in total. The molecular weight excluding hydrogens is 215 g/mol. The Bertz CT molecular complexity index is 295. The molecule has 0 saturated carbocycles. The molecule has 1 heterocycles. The minimum absolute atomic E-state index is 0.0750. The molecule has 1 aromatic heterocycles. The van der Waals surface area contributed by atoms with Gasteiger partial charge in [-0.1, -0.05) is 25.2 Å². The molecule has 0 aliphatic rings. The Morgan fingerprint density at radius 1 is 1.50 bits per heavy atom. The first-order valence-corrected chi connectivity index (χ1v) is 4.85. The van der Waals surface area contributed by atoms with E-state index in [9.17, 15) is 13.2 Å². The first kappa shape index (κ1) is 11.3. The maximum Gasteiger partial charge on any atom is 0.422 e. The average Bonchev–Trinajstić information content (AvgIpc) is 2.47. The van der Waals surface area contributed by atoms with Crippen LogP contribution in [-0.4, -0.2) is 17.8 Å². The fourth-order valence-electron chi connectivity index (χ4n) is 0.747. The van der Waals surface area contributed by atoms with Crippen LogP contribution in [-0.2, 0) is 0 Å². The largest absolute Gasteiger partial charge is 0.460 e. The van der Waals surface area contributed by atoms with Crippen molar-refractivity contribution in [3.8, 4) is 5.19 Å². The summed E-state index contributed by atoms with van der Waals surface area (Å²) in [5.41, 5.74) is 0. The number of halogens is 3. The molecule has 0 spiro atoms. The lowest BCUT2D eigenvalue weighted by molar-refractivity contribution is -0.153. The van der Waals surface area contributed by atoms with Gasteiger partial charge in [0.25, 0.3) is 5.19 Å². The number of thiazole rings is 1. The van der Waals surface area contributed by atoms with E-state index in [0.717, 1.165) is 16.2 Å². The molecule has 0 amide bonds. The van der Waals surface area contributed by atoms with Crippen LogP contribution in [0.25, 0.3) is 0 Å². The highest BCUT2D eigenvalue weighted by atomic mass is 32.1. The van der Waals surface area contributed by atoms with Crippen molar-refractivity contribution in [1.82, 2.24) is 4.98 Å². The highest BCUT2D eigenvalue weighted by Crippen LogP contribution is 2.28. The second-order valence-corrected chi connectivity index (χ2v) is 4.11. The summed E-state index contributed by atoms with van der Waals surface area (Å²) < 4.78 is 39.8. The molecule has 0 atom stereocenters. The fourth-order valence-corrected chi connectivity index (χ4v) is 1.51. The van der Waals surface area contributed by atoms with E-state index in [4.69, 9.17) is 0 Å². The third-order valence-electron chi connectivity index (χ3n) is 1.43. The monoisotopic (exact) mass is 225 g/mol. The highest BCUT2D eigenvalue weighted by molar-refractivity contribution is 7.13. The zero-order chi connectivity index (χ0) is 10.8. The third kappa shape index (κ3) is 3.53. The number of alkyl halides is 3. The van der Waals surface area contributed by atoms with Gasteiger partial charge in [-0.15, -0.1) is 0 Å². The van der Waals surface area contributed by atoms with Gasteiger partial charge in [0, 0.05) is 11.1 Å². The van der Waals surface area contributed by atoms with E-state index in [1.54, 1.807) is 6.20 Å². The molecule has 0 fully saturated rings. The van der Waals surface area contributed by atoms with Crippen molar-refractivity contribution in [1.29, 1.82) is 0 Å². The Hall–Kier alpha value is -0.780.